The Labute approximate surface area is 163 Å². The van der Waals surface area contributed by atoms with E-state index in [0.717, 1.165) is 16.5 Å². The number of hydrogen-bond acceptors (Lipinski definition) is 4. The smallest absolute Gasteiger partial charge is 0.318 e. The molecule has 1 atom stereocenters. The van der Waals surface area contributed by atoms with E-state index in [0.29, 0.717) is 31.9 Å². The lowest BCUT2D eigenvalue weighted by Crippen LogP contribution is -2.56. The van der Waals surface area contributed by atoms with Crippen LogP contribution < -0.4 is 10.2 Å². The Hall–Kier alpha value is -3.22. The van der Waals surface area contributed by atoms with Crippen LogP contribution >= 0.6 is 0 Å². The molecule has 1 N–H and O–H groups in total. The molecule has 1 aliphatic rings. The average molecular weight is 379 g/mol. The predicted molar refractivity (Wildman–Crippen MR) is 107 cm³/mol. The van der Waals surface area contributed by atoms with Crippen molar-refractivity contribution in [1.82, 2.24) is 20.2 Å². The summed E-state index contributed by atoms with van der Waals surface area (Å²) in [6.07, 6.45) is 4.57. The molecule has 0 bridgehead atoms. The van der Waals surface area contributed by atoms with Crippen molar-refractivity contribution in [1.29, 1.82) is 0 Å². The van der Waals surface area contributed by atoms with Gasteiger partial charge in [0.1, 0.15) is 0 Å². The molecule has 1 aliphatic heterocycles. The summed E-state index contributed by atoms with van der Waals surface area (Å²) in [5, 5.41) is 4.05. The van der Waals surface area contributed by atoms with Gasteiger partial charge in [0, 0.05) is 50.0 Å². The van der Waals surface area contributed by atoms with Gasteiger partial charge in [-0.3, -0.25) is 9.97 Å². The molecule has 28 heavy (non-hydrogen) atoms. The summed E-state index contributed by atoms with van der Waals surface area (Å²) in [6.45, 7) is 4.11. The minimum Gasteiger partial charge on any atom is -0.365 e. The number of halogens is 1. The van der Waals surface area contributed by atoms with Crippen LogP contribution in [0.25, 0.3) is 10.9 Å². The number of pyridine rings is 2. The second-order valence-electron chi connectivity index (χ2n) is 6.96. The van der Waals surface area contributed by atoms with Gasteiger partial charge in [-0.25, -0.2) is 9.18 Å². The third kappa shape index (κ3) is 3.60. The van der Waals surface area contributed by atoms with Gasteiger partial charge in [0.25, 0.3) is 0 Å². The van der Waals surface area contributed by atoms with Gasteiger partial charge < -0.3 is 15.1 Å². The molecule has 7 heteroatoms. The van der Waals surface area contributed by atoms with Crippen molar-refractivity contribution in [3.8, 4) is 0 Å². The van der Waals surface area contributed by atoms with Gasteiger partial charge in [-0.2, -0.15) is 0 Å². The molecule has 0 unspecified atom stereocenters. The van der Waals surface area contributed by atoms with Gasteiger partial charge in [0.2, 0.25) is 0 Å². The van der Waals surface area contributed by atoms with E-state index in [-0.39, 0.29) is 17.9 Å². The zero-order valence-electron chi connectivity index (χ0n) is 15.7. The van der Waals surface area contributed by atoms with Gasteiger partial charge in [-0.05, 0) is 30.7 Å². The molecule has 0 aliphatic carbocycles. The van der Waals surface area contributed by atoms with Crippen molar-refractivity contribution in [3.63, 3.8) is 0 Å². The third-order valence-corrected chi connectivity index (χ3v) is 5.15. The number of carbonyl (C=O) groups is 1. The van der Waals surface area contributed by atoms with Crippen molar-refractivity contribution in [2.45, 2.75) is 19.5 Å². The number of benzene rings is 1. The minimum absolute atomic E-state index is 0.0319. The van der Waals surface area contributed by atoms with Gasteiger partial charge in [-0.15, -0.1) is 0 Å². The van der Waals surface area contributed by atoms with Crippen LogP contribution in [0.15, 0.2) is 55.0 Å². The maximum absolute atomic E-state index is 14.0. The Morgan fingerprint density at radius 2 is 2.11 bits per heavy atom. The molecule has 1 saturated heterocycles. The van der Waals surface area contributed by atoms with Crippen LogP contribution in [0.5, 0.6) is 0 Å². The van der Waals surface area contributed by atoms with Crippen molar-refractivity contribution in [2.24, 2.45) is 0 Å². The lowest BCUT2D eigenvalue weighted by molar-refractivity contribution is 0.171. The Kier molecular flexibility index (Phi) is 5.06. The molecule has 3 heterocycles. The number of nitrogens with zero attached hydrogens (tertiary/aromatic N) is 4. The molecule has 2 amide bonds. The number of piperazine rings is 1. The highest BCUT2D eigenvalue weighted by molar-refractivity contribution is 5.82. The van der Waals surface area contributed by atoms with Crippen LogP contribution in [0.2, 0.25) is 0 Å². The summed E-state index contributed by atoms with van der Waals surface area (Å²) in [6, 6.07) is 11.3. The summed E-state index contributed by atoms with van der Waals surface area (Å²) in [5.74, 6) is -0.336. The first-order valence-electron chi connectivity index (χ1n) is 9.35. The van der Waals surface area contributed by atoms with Crippen molar-refractivity contribution < 1.29 is 9.18 Å². The fraction of sp³-hybridized carbons (Fsp3) is 0.286. The fourth-order valence-corrected chi connectivity index (χ4v) is 3.70. The molecule has 1 fully saturated rings. The molecule has 144 valence electrons. The van der Waals surface area contributed by atoms with Gasteiger partial charge in [0.15, 0.2) is 5.82 Å². The molecule has 4 rings (SSSR count). The number of aromatic nitrogens is 2. The number of carbonyl (C=O) groups excluding carboxylic acids is 1. The number of urea groups is 1. The second kappa shape index (κ2) is 7.80. The molecular weight excluding hydrogens is 357 g/mol. The monoisotopic (exact) mass is 379 g/mol. The summed E-state index contributed by atoms with van der Waals surface area (Å²) in [5.41, 5.74) is 2.48. The molecule has 2 aromatic heterocycles. The molecule has 1 aromatic carbocycles. The lowest BCUT2D eigenvalue weighted by atomic mass is 10.1. The largest absolute Gasteiger partial charge is 0.365 e. The molecule has 0 spiro atoms. The summed E-state index contributed by atoms with van der Waals surface area (Å²) >= 11 is 0. The van der Waals surface area contributed by atoms with Crippen LogP contribution in [0.4, 0.5) is 14.9 Å². The highest BCUT2D eigenvalue weighted by Crippen LogP contribution is 2.22. The van der Waals surface area contributed by atoms with E-state index in [9.17, 15) is 9.18 Å². The summed E-state index contributed by atoms with van der Waals surface area (Å²) < 4.78 is 14.0. The van der Waals surface area contributed by atoms with Crippen LogP contribution in [0.3, 0.4) is 0 Å². The number of rotatable bonds is 3. The van der Waals surface area contributed by atoms with Crippen molar-refractivity contribution in [3.05, 3.63) is 66.4 Å². The number of anilines is 1. The Morgan fingerprint density at radius 1 is 1.21 bits per heavy atom. The first-order chi connectivity index (χ1) is 13.6. The Balaban J connectivity index is 1.40. The van der Waals surface area contributed by atoms with Crippen molar-refractivity contribution in [2.75, 3.05) is 24.5 Å². The molecule has 6 nitrogen and oxygen atoms in total. The van der Waals surface area contributed by atoms with Gasteiger partial charge in [0.05, 0.1) is 17.4 Å². The van der Waals surface area contributed by atoms with Crippen LogP contribution in [0, 0.1) is 5.82 Å². The number of nitrogens with one attached hydrogen (secondary N) is 1. The van der Waals surface area contributed by atoms with E-state index in [1.807, 2.05) is 42.2 Å². The minimum atomic E-state index is -0.336. The van der Waals surface area contributed by atoms with Crippen LogP contribution in [-0.2, 0) is 6.54 Å². The number of hydrogen-bond donors (Lipinski definition) is 1. The van der Waals surface area contributed by atoms with E-state index in [1.165, 1.54) is 6.20 Å². The molecule has 3 aromatic rings. The van der Waals surface area contributed by atoms with Gasteiger partial charge >= 0.3 is 6.03 Å². The van der Waals surface area contributed by atoms with Gasteiger partial charge in [-0.1, -0.05) is 18.2 Å². The molecule has 0 radical (unpaired) electrons. The maximum atomic E-state index is 14.0. The lowest BCUT2D eigenvalue weighted by Gasteiger charge is -2.40. The first kappa shape index (κ1) is 18.2. The highest BCUT2D eigenvalue weighted by atomic mass is 19.1. The quantitative estimate of drug-likeness (QED) is 0.759. The molecular formula is C21H22FN5O. The Morgan fingerprint density at radius 3 is 2.93 bits per heavy atom. The second-order valence-corrected chi connectivity index (χ2v) is 6.96. The normalized spacial score (nSPS) is 17.0. The van der Waals surface area contributed by atoms with Crippen LogP contribution in [0.1, 0.15) is 12.5 Å². The maximum Gasteiger partial charge on any atom is 0.318 e. The average Bonchev–Trinajstić information content (AvgIpc) is 2.72. The molecule has 0 saturated carbocycles. The SMILES string of the molecule is C[C@@H]1CN(c2ccncc2F)CCN1C(=O)NCc1cccc2ncccc12. The Bertz CT molecular complexity index is 990. The number of fused-ring (bicyclic) bond motifs is 1. The van der Waals surface area contributed by atoms with E-state index >= 15 is 0 Å². The standard InChI is InChI=1S/C21H22FN5O/c1-15-14-26(20-7-9-23-13-18(20)22)10-11-27(15)21(28)25-12-16-4-2-6-19-17(16)5-3-8-24-19/h2-9,13,15H,10-12,14H2,1H3,(H,25,28)/t15-/m1/s1. The van der Waals surface area contributed by atoms with E-state index in [1.54, 1.807) is 23.4 Å². The summed E-state index contributed by atoms with van der Waals surface area (Å²) in [4.78, 5) is 24.6. The first-order valence-corrected chi connectivity index (χ1v) is 9.35. The van der Waals surface area contributed by atoms with E-state index < -0.39 is 0 Å². The fourth-order valence-electron chi connectivity index (χ4n) is 3.70. The zero-order chi connectivity index (χ0) is 19.5. The number of amides is 2. The zero-order valence-corrected chi connectivity index (χ0v) is 15.7. The predicted octanol–water partition coefficient (Wildman–Crippen LogP) is 3.19. The topological polar surface area (TPSA) is 61.4 Å². The van der Waals surface area contributed by atoms with E-state index in [2.05, 4.69) is 15.3 Å². The third-order valence-electron chi connectivity index (χ3n) is 5.15. The van der Waals surface area contributed by atoms with Crippen molar-refractivity contribution >= 4 is 22.6 Å². The van der Waals surface area contributed by atoms with E-state index in [4.69, 9.17) is 0 Å². The highest BCUT2D eigenvalue weighted by Gasteiger charge is 2.28. The van der Waals surface area contributed by atoms with Crippen LogP contribution in [-0.4, -0.2) is 46.6 Å². The summed E-state index contributed by atoms with van der Waals surface area (Å²) in [7, 11) is 0.